The summed E-state index contributed by atoms with van der Waals surface area (Å²) in [6.07, 6.45) is 8.43. The van der Waals surface area contributed by atoms with Crippen molar-refractivity contribution in [3.63, 3.8) is 0 Å². The Bertz CT molecular complexity index is 524. The molecule has 4 heteroatoms. The van der Waals surface area contributed by atoms with Crippen LogP contribution in [0, 0.1) is 12.8 Å². The highest BCUT2D eigenvalue weighted by atomic mass is 32.1. The molecule has 102 valence electrons. The van der Waals surface area contributed by atoms with Gasteiger partial charge in [-0.3, -0.25) is 0 Å². The van der Waals surface area contributed by atoms with Gasteiger partial charge in [0.1, 0.15) is 0 Å². The number of rotatable bonds is 6. The molecule has 0 aliphatic heterocycles. The predicted octanol–water partition coefficient (Wildman–Crippen LogP) is 4.32. The molecular weight excluding hydrogens is 258 g/mol. The Morgan fingerprint density at radius 3 is 2.74 bits per heavy atom. The fourth-order valence-corrected chi connectivity index (χ4v) is 2.48. The van der Waals surface area contributed by atoms with Crippen LogP contribution in [-0.4, -0.2) is 16.1 Å². The standard InChI is InChI=1S/C15H19NO2S/c1-5-7-12(9-6-8-10(2)3)14-13(15(17)18)16-11(4)19-14/h5-7,9-10H,1,8H2,2-4H3,(H,17,18)/b9-6-,12-7+. The van der Waals surface area contributed by atoms with Gasteiger partial charge in [0.05, 0.1) is 9.88 Å². The van der Waals surface area contributed by atoms with Crippen molar-refractivity contribution < 1.29 is 9.90 Å². The molecule has 0 aliphatic carbocycles. The van der Waals surface area contributed by atoms with Gasteiger partial charge < -0.3 is 5.11 Å². The number of hydrogen-bond acceptors (Lipinski definition) is 3. The molecule has 1 aromatic heterocycles. The first-order chi connectivity index (χ1) is 8.95. The summed E-state index contributed by atoms with van der Waals surface area (Å²) in [5, 5.41) is 9.93. The maximum absolute atomic E-state index is 11.2. The van der Waals surface area contributed by atoms with Crippen LogP contribution in [-0.2, 0) is 0 Å². The number of carboxylic acids is 1. The molecular formula is C15H19NO2S. The quantitative estimate of drug-likeness (QED) is 0.788. The predicted molar refractivity (Wildman–Crippen MR) is 80.6 cm³/mol. The van der Waals surface area contributed by atoms with E-state index in [2.05, 4.69) is 31.5 Å². The van der Waals surface area contributed by atoms with Crippen LogP contribution in [0.3, 0.4) is 0 Å². The Balaban J connectivity index is 3.13. The minimum Gasteiger partial charge on any atom is -0.476 e. The molecule has 3 nitrogen and oxygen atoms in total. The van der Waals surface area contributed by atoms with Crippen LogP contribution in [0.1, 0.15) is 40.6 Å². The minimum atomic E-state index is -0.994. The molecule has 0 amide bonds. The number of hydrogen-bond donors (Lipinski definition) is 1. The topological polar surface area (TPSA) is 50.2 Å². The molecule has 1 heterocycles. The van der Waals surface area contributed by atoms with Gasteiger partial charge in [-0.2, -0.15) is 0 Å². The average Bonchev–Trinajstić information content (AvgIpc) is 2.70. The van der Waals surface area contributed by atoms with Crippen LogP contribution in [0.2, 0.25) is 0 Å². The second-order valence-corrected chi connectivity index (χ2v) is 5.81. The van der Waals surface area contributed by atoms with Gasteiger partial charge in [-0.1, -0.05) is 44.7 Å². The number of aryl methyl sites for hydroxylation is 1. The summed E-state index contributed by atoms with van der Waals surface area (Å²) < 4.78 is 0. The molecule has 0 radical (unpaired) electrons. The lowest BCUT2D eigenvalue weighted by atomic mass is 10.1. The number of aromatic nitrogens is 1. The molecule has 0 aromatic carbocycles. The first kappa shape index (κ1) is 15.4. The lowest BCUT2D eigenvalue weighted by molar-refractivity contribution is 0.0691. The van der Waals surface area contributed by atoms with E-state index in [1.165, 1.54) is 11.3 Å². The van der Waals surface area contributed by atoms with E-state index in [-0.39, 0.29) is 5.69 Å². The maximum atomic E-state index is 11.2. The van der Waals surface area contributed by atoms with Crippen LogP contribution in [0.25, 0.3) is 5.57 Å². The third kappa shape index (κ3) is 4.48. The zero-order valence-electron chi connectivity index (χ0n) is 11.5. The van der Waals surface area contributed by atoms with Crippen molar-refractivity contribution in [3.8, 4) is 0 Å². The van der Waals surface area contributed by atoms with Crippen molar-refractivity contribution in [2.75, 3.05) is 0 Å². The Labute approximate surface area is 118 Å². The van der Waals surface area contributed by atoms with E-state index in [0.717, 1.165) is 17.0 Å². The number of aromatic carboxylic acids is 1. The van der Waals surface area contributed by atoms with Crippen LogP contribution in [0.4, 0.5) is 0 Å². The van der Waals surface area contributed by atoms with E-state index in [1.54, 1.807) is 6.08 Å². The van der Waals surface area contributed by atoms with Crippen molar-refractivity contribution in [2.24, 2.45) is 5.92 Å². The largest absolute Gasteiger partial charge is 0.476 e. The molecule has 0 spiro atoms. The summed E-state index contributed by atoms with van der Waals surface area (Å²) in [6, 6.07) is 0. The third-order valence-corrected chi connectivity index (χ3v) is 3.42. The molecule has 0 bridgehead atoms. The fourth-order valence-electron chi connectivity index (χ4n) is 1.57. The van der Waals surface area contributed by atoms with Gasteiger partial charge in [0.2, 0.25) is 0 Å². The van der Waals surface area contributed by atoms with Gasteiger partial charge >= 0.3 is 5.97 Å². The van der Waals surface area contributed by atoms with Gasteiger partial charge in [-0.15, -0.1) is 11.3 Å². The first-order valence-electron chi connectivity index (χ1n) is 6.16. The summed E-state index contributed by atoms with van der Waals surface area (Å²) in [5.74, 6) is -0.421. The van der Waals surface area contributed by atoms with E-state index in [1.807, 2.05) is 19.1 Å². The number of allylic oxidation sites excluding steroid dienone is 5. The van der Waals surface area contributed by atoms with Crippen molar-refractivity contribution in [3.05, 3.63) is 46.5 Å². The molecule has 1 rings (SSSR count). The second-order valence-electron chi connectivity index (χ2n) is 4.61. The number of carbonyl (C=O) groups is 1. The minimum absolute atomic E-state index is 0.116. The van der Waals surface area contributed by atoms with Gasteiger partial charge in [0, 0.05) is 0 Å². The Kier molecular flexibility index (Phi) is 5.70. The molecule has 0 aliphatic rings. The van der Waals surface area contributed by atoms with E-state index in [9.17, 15) is 9.90 Å². The molecule has 0 saturated heterocycles. The average molecular weight is 277 g/mol. The molecule has 1 aromatic rings. The Morgan fingerprint density at radius 1 is 1.53 bits per heavy atom. The molecule has 0 unspecified atom stereocenters. The van der Waals surface area contributed by atoms with Gasteiger partial charge in [0.25, 0.3) is 0 Å². The highest BCUT2D eigenvalue weighted by Crippen LogP contribution is 2.27. The van der Waals surface area contributed by atoms with Crippen molar-refractivity contribution in [2.45, 2.75) is 27.2 Å². The van der Waals surface area contributed by atoms with E-state index < -0.39 is 5.97 Å². The van der Waals surface area contributed by atoms with Gasteiger partial charge in [-0.25, -0.2) is 9.78 Å². The monoisotopic (exact) mass is 277 g/mol. The molecule has 1 N–H and O–H groups in total. The van der Waals surface area contributed by atoms with Crippen LogP contribution >= 0.6 is 11.3 Å². The normalized spacial score (nSPS) is 12.3. The van der Waals surface area contributed by atoms with E-state index in [0.29, 0.717) is 10.8 Å². The van der Waals surface area contributed by atoms with Crippen LogP contribution < -0.4 is 0 Å². The SMILES string of the molecule is C=C/C=C(\C=C/CC(C)C)c1sc(C)nc1C(=O)O. The molecule has 19 heavy (non-hydrogen) atoms. The van der Waals surface area contributed by atoms with Gasteiger partial charge in [0.15, 0.2) is 5.69 Å². The number of thiazole rings is 1. The lowest BCUT2D eigenvalue weighted by Gasteiger charge is -2.01. The zero-order valence-corrected chi connectivity index (χ0v) is 12.3. The third-order valence-electron chi connectivity index (χ3n) is 2.40. The van der Waals surface area contributed by atoms with Crippen molar-refractivity contribution in [1.29, 1.82) is 0 Å². The fraction of sp³-hybridized carbons (Fsp3) is 0.333. The smallest absolute Gasteiger partial charge is 0.356 e. The Morgan fingerprint density at radius 2 is 2.21 bits per heavy atom. The molecule has 0 fully saturated rings. The zero-order chi connectivity index (χ0) is 14.4. The second kappa shape index (κ2) is 7.04. The highest BCUT2D eigenvalue weighted by molar-refractivity contribution is 7.13. The molecule has 0 saturated carbocycles. The number of nitrogens with zero attached hydrogens (tertiary/aromatic N) is 1. The number of carboxylic acid groups (broad SMARTS) is 1. The lowest BCUT2D eigenvalue weighted by Crippen LogP contribution is -2.00. The summed E-state index contributed by atoms with van der Waals surface area (Å²) in [4.78, 5) is 15.9. The summed E-state index contributed by atoms with van der Waals surface area (Å²) >= 11 is 1.39. The van der Waals surface area contributed by atoms with E-state index >= 15 is 0 Å². The van der Waals surface area contributed by atoms with Crippen LogP contribution in [0.5, 0.6) is 0 Å². The highest BCUT2D eigenvalue weighted by Gasteiger charge is 2.17. The molecule has 0 atom stereocenters. The van der Waals surface area contributed by atoms with Crippen molar-refractivity contribution in [1.82, 2.24) is 4.98 Å². The summed E-state index contributed by atoms with van der Waals surface area (Å²) in [6.45, 7) is 9.77. The van der Waals surface area contributed by atoms with Gasteiger partial charge in [-0.05, 0) is 24.8 Å². The van der Waals surface area contributed by atoms with Crippen molar-refractivity contribution >= 4 is 22.9 Å². The Hall–Kier alpha value is -1.68. The summed E-state index contributed by atoms with van der Waals surface area (Å²) in [7, 11) is 0. The van der Waals surface area contributed by atoms with E-state index in [4.69, 9.17) is 0 Å². The van der Waals surface area contributed by atoms with Crippen LogP contribution in [0.15, 0.2) is 30.9 Å². The summed E-state index contributed by atoms with van der Waals surface area (Å²) in [5.41, 5.74) is 0.962. The first-order valence-corrected chi connectivity index (χ1v) is 6.97. The maximum Gasteiger partial charge on any atom is 0.356 e.